The van der Waals surface area contributed by atoms with Crippen LogP contribution in [0.5, 0.6) is 0 Å². The maximum atomic E-state index is 10.7. The standard InChI is InChI=1S/C15H28O3/c1-13(2,17)10-6-9-14(3)7-5-8-15(4,18)12(14)11(10)16/h10-12,16-18H,5-9H2,1-4H3/t10-,11+,12-,14-,15-/m1/s1. The predicted molar refractivity (Wildman–Crippen MR) is 71.1 cm³/mol. The third kappa shape index (κ3) is 2.21. The first-order valence-corrected chi connectivity index (χ1v) is 7.21. The van der Waals surface area contributed by atoms with Crippen molar-refractivity contribution in [2.75, 3.05) is 0 Å². The summed E-state index contributed by atoms with van der Waals surface area (Å²) in [6.45, 7) is 7.57. The van der Waals surface area contributed by atoms with Crippen LogP contribution in [0, 0.1) is 17.3 Å². The Morgan fingerprint density at radius 2 is 1.72 bits per heavy atom. The summed E-state index contributed by atoms with van der Waals surface area (Å²) < 4.78 is 0. The van der Waals surface area contributed by atoms with Crippen LogP contribution in [0.1, 0.15) is 59.8 Å². The molecule has 0 aromatic rings. The highest BCUT2D eigenvalue weighted by molar-refractivity contribution is 5.07. The van der Waals surface area contributed by atoms with Crippen LogP contribution in [0.4, 0.5) is 0 Å². The molecule has 0 amide bonds. The number of fused-ring (bicyclic) bond motifs is 1. The van der Waals surface area contributed by atoms with Crippen molar-refractivity contribution in [2.45, 2.75) is 77.1 Å². The fourth-order valence-electron chi connectivity index (χ4n) is 4.63. The normalized spacial score (nSPS) is 49.8. The highest BCUT2D eigenvalue weighted by Crippen LogP contribution is 2.56. The topological polar surface area (TPSA) is 60.7 Å². The van der Waals surface area contributed by atoms with Gasteiger partial charge in [-0.2, -0.15) is 0 Å². The van der Waals surface area contributed by atoms with Gasteiger partial charge < -0.3 is 15.3 Å². The first kappa shape index (κ1) is 14.3. The van der Waals surface area contributed by atoms with Gasteiger partial charge in [-0.05, 0) is 51.9 Å². The van der Waals surface area contributed by atoms with Crippen LogP contribution >= 0.6 is 0 Å². The van der Waals surface area contributed by atoms with Gasteiger partial charge in [0, 0.05) is 11.8 Å². The molecule has 0 saturated heterocycles. The van der Waals surface area contributed by atoms with E-state index in [2.05, 4.69) is 6.92 Å². The first-order chi connectivity index (χ1) is 8.08. The number of rotatable bonds is 1. The highest BCUT2D eigenvalue weighted by atomic mass is 16.3. The molecule has 0 aromatic heterocycles. The van der Waals surface area contributed by atoms with E-state index in [1.807, 2.05) is 6.92 Å². The fraction of sp³-hybridized carbons (Fsp3) is 1.00. The van der Waals surface area contributed by atoms with Gasteiger partial charge in [-0.1, -0.05) is 13.3 Å². The van der Waals surface area contributed by atoms with Crippen molar-refractivity contribution in [1.29, 1.82) is 0 Å². The van der Waals surface area contributed by atoms with Crippen LogP contribution in [-0.4, -0.2) is 32.6 Å². The van der Waals surface area contributed by atoms with Crippen LogP contribution in [0.25, 0.3) is 0 Å². The quantitative estimate of drug-likeness (QED) is 0.673. The number of hydrogen-bond donors (Lipinski definition) is 3. The molecule has 0 unspecified atom stereocenters. The first-order valence-electron chi connectivity index (χ1n) is 7.21. The summed E-state index contributed by atoms with van der Waals surface area (Å²) in [5.41, 5.74) is -1.67. The fourth-order valence-corrected chi connectivity index (χ4v) is 4.63. The van der Waals surface area contributed by atoms with Crippen molar-refractivity contribution >= 4 is 0 Å². The molecule has 0 bridgehead atoms. The van der Waals surface area contributed by atoms with Crippen LogP contribution in [-0.2, 0) is 0 Å². The summed E-state index contributed by atoms with van der Waals surface area (Å²) in [5.74, 6) is -0.260. The Bertz CT molecular complexity index is 318. The molecule has 0 aromatic carbocycles. The molecule has 0 aliphatic heterocycles. The lowest BCUT2D eigenvalue weighted by molar-refractivity contribution is -0.202. The second-order valence-electron chi connectivity index (χ2n) is 7.63. The summed E-state index contributed by atoms with van der Waals surface area (Å²) in [7, 11) is 0. The van der Waals surface area contributed by atoms with Crippen molar-refractivity contribution in [1.82, 2.24) is 0 Å². The second-order valence-corrected chi connectivity index (χ2v) is 7.63. The molecule has 2 aliphatic rings. The van der Waals surface area contributed by atoms with E-state index in [9.17, 15) is 15.3 Å². The Morgan fingerprint density at radius 1 is 1.11 bits per heavy atom. The van der Waals surface area contributed by atoms with Crippen molar-refractivity contribution in [3.63, 3.8) is 0 Å². The van der Waals surface area contributed by atoms with E-state index in [1.165, 1.54) is 0 Å². The van der Waals surface area contributed by atoms with Gasteiger partial charge in [0.25, 0.3) is 0 Å². The maximum Gasteiger partial charge on any atom is 0.0677 e. The van der Waals surface area contributed by atoms with E-state index >= 15 is 0 Å². The molecule has 0 heterocycles. The molecule has 2 aliphatic carbocycles. The zero-order valence-corrected chi connectivity index (χ0v) is 12.1. The molecule has 0 radical (unpaired) electrons. The molecule has 3 N–H and O–H groups in total. The molecular formula is C15H28O3. The Kier molecular flexibility index (Phi) is 3.33. The van der Waals surface area contributed by atoms with Gasteiger partial charge in [0.15, 0.2) is 0 Å². The molecule has 2 rings (SSSR count). The van der Waals surface area contributed by atoms with Crippen molar-refractivity contribution in [3.8, 4) is 0 Å². The minimum atomic E-state index is -0.881. The summed E-state index contributed by atoms with van der Waals surface area (Å²) in [6, 6.07) is 0. The van der Waals surface area contributed by atoms with E-state index in [0.29, 0.717) is 0 Å². The monoisotopic (exact) mass is 256 g/mol. The van der Waals surface area contributed by atoms with Crippen LogP contribution in [0.2, 0.25) is 0 Å². The molecule has 18 heavy (non-hydrogen) atoms. The van der Waals surface area contributed by atoms with E-state index < -0.39 is 17.3 Å². The van der Waals surface area contributed by atoms with Crippen molar-refractivity contribution < 1.29 is 15.3 Å². The van der Waals surface area contributed by atoms with Gasteiger partial charge in [0.1, 0.15) is 0 Å². The lowest BCUT2D eigenvalue weighted by atomic mass is 9.51. The SMILES string of the molecule is CC(C)(O)[C@@H]1CC[C@@]2(C)CCC[C@@](C)(O)[C@@H]2[C@H]1O. The summed E-state index contributed by atoms with van der Waals surface area (Å²) in [5, 5.41) is 31.5. The average Bonchev–Trinajstić information content (AvgIpc) is 2.12. The third-order valence-corrected chi connectivity index (χ3v) is 5.54. The zero-order valence-electron chi connectivity index (χ0n) is 12.1. The molecule has 106 valence electrons. The van der Waals surface area contributed by atoms with Gasteiger partial charge >= 0.3 is 0 Å². The Morgan fingerprint density at radius 3 is 2.28 bits per heavy atom. The van der Waals surface area contributed by atoms with E-state index in [1.54, 1.807) is 13.8 Å². The van der Waals surface area contributed by atoms with E-state index in [4.69, 9.17) is 0 Å². The summed E-state index contributed by atoms with van der Waals surface area (Å²) in [6.07, 6.45) is 4.07. The number of hydrogen-bond acceptors (Lipinski definition) is 3. The van der Waals surface area contributed by atoms with Gasteiger partial charge in [0.05, 0.1) is 17.3 Å². The minimum absolute atomic E-state index is 0.0168. The van der Waals surface area contributed by atoms with Crippen LogP contribution in [0.15, 0.2) is 0 Å². The number of aliphatic hydroxyl groups is 3. The van der Waals surface area contributed by atoms with E-state index in [-0.39, 0.29) is 17.3 Å². The molecule has 2 saturated carbocycles. The van der Waals surface area contributed by atoms with Crippen LogP contribution < -0.4 is 0 Å². The Labute approximate surface area is 110 Å². The Hall–Kier alpha value is -0.120. The van der Waals surface area contributed by atoms with Crippen molar-refractivity contribution in [3.05, 3.63) is 0 Å². The lowest BCUT2D eigenvalue weighted by Crippen LogP contribution is -2.61. The maximum absolute atomic E-state index is 10.7. The average molecular weight is 256 g/mol. The number of aliphatic hydroxyl groups excluding tert-OH is 1. The van der Waals surface area contributed by atoms with Gasteiger partial charge in [-0.15, -0.1) is 0 Å². The van der Waals surface area contributed by atoms with E-state index in [0.717, 1.165) is 32.1 Å². The lowest BCUT2D eigenvalue weighted by Gasteiger charge is -2.57. The van der Waals surface area contributed by atoms with Crippen molar-refractivity contribution in [2.24, 2.45) is 17.3 Å². The molecule has 5 atom stereocenters. The second kappa shape index (κ2) is 4.19. The van der Waals surface area contributed by atoms with Gasteiger partial charge in [-0.3, -0.25) is 0 Å². The Balaban J connectivity index is 2.32. The highest BCUT2D eigenvalue weighted by Gasteiger charge is 2.57. The minimum Gasteiger partial charge on any atom is -0.392 e. The largest absolute Gasteiger partial charge is 0.392 e. The summed E-state index contributed by atoms with van der Waals surface area (Å²) in [4.78, 5) is 0. The van der Waals surface area contributed by atoms with Crippen LogP contribution in [0.3, 0.4) is 0 Å². The van der Waals surface area contributed by atoms with Gasteiger partial charge in [0.2, 0.25) is 0 Å². The third-order valence-electron chi connectivity index (χ3n) is 5.54. The predicted octanol–water partition coefficient (Wildman–Crippen LogP) is 2.09. The van der Waals surface area contributed by atoms with Gasteiger partial charge in [-0.25, -0.2) is 0 Å². The molecule has 3 heteroatoms. The summed E-state index contributed by atoms with van der Waals surface area (Å²) >= 11 is 0. The zero-order chi connectivity index (χ0) is 13.8. The molecule has 2 fully saturated rings. The smallest absolute Gasteiger partial charge is 0.0677 e. The molecule has 3 nitrogen and oxygen atoms in total. The molecule has 0 spiro atoms. The molecular weight excluding hydrogens is 228 g/mol.